The van der Waals surface area contributed by atoms with E-state index in [-0.39, 0.29) is 31.6 Å². The Morgan fingerprint density at radius 3 is 2.54 bits per heavy atom. The van der Waals surface area contributed by atoms with E-state index >= 15 is 0 Å². The van der Waals surface area contributed by atoms with Gasteiger partial charge in [0.25, 0.3) is 11.8 Å². The molecule has 4 N–H and O–H groups in total. The monoisotopic (exact) mass is 741 g/mol. The van der Waals surface area contributed by atoms with Crippen molar-refractivity contribution in [1.82, 2.24) is 25.6 Å². The first-order chi connectivity index (χ1) is 24.6. The number of methoxy groups -OCH3 is 1. The predicted molar refractivity (Wildman–Crippen MR) is 189 cm³/mol. The number of ether oxygens (including phenoxy) is 2. The molecule has 0 unspecified atom stereocenters. The van der Waals surface area contributed by atoms with E-state index in [1.54, 1.807) is 45.0 Å². The fourth-order valence-electron chi connectivity index (χ4n) is 6.92. The molecule has 16 heteroatoms. The van der Waals surface area contributed by atoms with Gasteiger partial charge in [-0.3, -0.25) is 23.9 Å². The van der Waals surface area contributed by atoms with E-state index in [0.29, 0.717) is 42.4 Å². The van der Waals surface area contributed by atoms with Crippen LogP contribution in [-0.4, -0.2) is 91.2 Å². The number of alkyl carbamates (subject to hydrolysis) is 1. The summed E-state index contributed by atoms with van der Waals surface area (Å²) in [6, 6.07) is 3.87. The molecule has 5 atom stereocenters. The molecule has 2 saturated carbocycles. The van der Waals surface area contributed by atoms with Crippen LogP contribution in [0.25, 0.3) is 11.0 Å². The first-order valence-electron chi connectivity index (χ1n) is 17.8. The van der Waals surface area contributed by atoms with E-state index < -0.39 is 80.2 Å². The Balaban J connectivity index is 1.28. The Labute approximate surface area is 302 Å². The zero-order chi connectivity index (χ0) is 37.4. The van der Waals surface area contributed by atoms with E-state index in [2.05, 4.69) is 20.7 Å². The Morgan fingerprint density at radius 1 is 1.06 bits per heavy atom. The lowest BCUT2D eigenvalue weighted by Crippen LogP contribution is -2.58. The summed E-state index contributed by atoms with van der Waals surface area (Å²) in [4.78, 5) is 69.9. The molecular weight excluding hydrogens is 694 g/mol. The number of benzene rings is 1. The molecule has 3 heterocycles. The van der Waals surface area contributed by atoms with Crippen LogP contribution < -0.4 is 25.4 Å². The number of carbonyl (C=O) groups excluding carboxylic acids is 5. The van der Waals surface area contributed by atoms with Crippen molar-refractivity contribution in [3.63, 3.8) is 0 Å². The van der Waals surface area contributed by atoms with Crippen molar-refractivity contribution in [2.24, 2.45) is 5.92 Å². The number of sulfonamides is 1. The number of amides is 5. The number of hydrogen-bond donors (Lipinski definition) is 4. The van der Waals surface area contributed by atoms with Gasteiger partial charge in [0, 0.05) is 23.9 Å². The maximum atomic E-state index is 14.3. The number of nitrogens with zero attached hydrogens (tertiary/aromatic N) is 1. The van der Waals surface area contributed by atoms with E-state index in [0.717, 1.165) is 12.8 Å². The maximum absolute atomic E-state index is 14.3. The summed E-state index contributed by atoms with van der Waals surface area (Å²) in [5, 5.41) is 8.39. The lowest BCUT2D eigenvalue weighted by molar-refractivity contribution is -0.141. The Hall–Kier alpha value is -4.60. The van der Waals surface area contributed by atoms with Crippen LogP contribution in [0, 0.1) is 5.92 Å². The number of furan rings is 1. The summed E-state index contributed by atoms with van der Waals surface area (Å²) < 4.78 is 44.3. The molecule has 4 aliphatic rings. The average molecular weight is 742 g/mol. The number of hydrogen-bond acceptors (Lipinski definition) is 10. The lowest BCUT2D eigenvalue weighted by atomic mass is 10.0. The second kappa shape index (κ2) is 14.4. The molecule has 15 nitrogen and oxygen atoms in total. The first-order valence-corrected chi connectivity index (χ1v) is 19.4. The summed E-state index contributed by atoms with van der Waals surface area (Å²) in [6.07, 6.45) is 7.09. The molecule has 0 bridgehead atoms. The topological polar surface area (TPSA) is 202 Å². The van der Waals surface area contributed by atoms with Gasteiger partial charge in [0.15, 0.2) is 17.1 Å². The number of para-hydroxylation sites is 1. The third-order valence-corrected chi connectivity index (χ3v) is 11.7. The van der Waals surface area contributed by atoms with Crippen LogP contribution in [0.15, 0.2) is 40.8 Å². The molecule has 3 fully saturated rings. The maximum Gasteiger partial charge on any atom is 0.408 e. The largest absolute Gasteiger partial charge is 0.493 e. The van der Waals surface area contributed by atoms with Gasteiger partial charge in [-0.05, 0) is 77.8 Å². The standard InChI is InChI=1S/C36H47N5O10S/c1-35(2,3)51-34(46)38-25-13-9-7-5-6-8-12-22-19-36(22,33(45)40-52(47,48)24-15-16-24)39-30(42)26-18-23(20-41(26)32(25)44)37-31(43)28-17-21-11-10-14-27(49-4)29(21)50-28/h8,10-12,14,17,22-26H,5-7,9,13,15-16,18-20H2,1-4H3,(H,37,43)(H,38,46)(H,39,42)(H,40,45)/b12-8-/t22-,23+,25-,26-,36+/m0/s1. The van der Waals surface area contributed by atoms with Gasteiger partial charge in [0.1, 0.15) is 23.2 Å². The number of fused-ring (bicyclic) bond motifs is 3. The second-order valence-electron chi connectivity index (χ2n) is 15.1. The Bertz CT molecular complexity index is 1880. The van der Waals surface area contributed by atoms with E-state index in [1.807, 2.05) is 12.2 Å². The molecule has 2 aliphatic carbocycles. The highest BCUT2D eigenvalue weighted by molar-refractivity contribution is 7.91. The highest BCUT2D eigenvalue weighted by Gasteiger charge is 2.62. The third kappa shape index (κ3) is 8.21. The van der Waals surface area contributed by atoms with Crippen LogP contribution >= 0.6 is 0 Å². The highest BCUT2D eigenvalue weighted by Crippen LogP contribution is 2.46. The van der Waals surface area contributed by atoms with E-state index in [4.69, 9.17) is 13.9 Å². The zero-order valence-corrected chi connectivity index (χ0v) is 30.7. The smallest absolute Gasteiger partial charge is 0.408 e. The summed E-state index contributed by atoms with van der Waals surface area (Å²) in [5.74, 6) is -2.63. The molecule has 5 amide bonds. The minimum Gasteiger partial charge on any atom is -0.493 e. The van der Waals surface area contributed by atoms with Crippen molar-refractivity contribution in [2.75, 3.05) is 13.7 Å². The van der Waals surface area contributed by atoms with Crippen molar-refractivity contribution in [1.29, 1.82) is 0 Å². The van der Waals surface area contributed by atoms with Crippen molar-refractivity contribution < 1.29 is 46.3 Å². The van der Waals surface area contributed by atoms with Crippen LogP contribution in [0.5, 0.6) is 5.75 Å². The lowest BCUT2D eigenvalue weighted by Gasteiger charge is -2.30. The number of allylic oxidation sites excluding steroid dienone is 1. The van der Waals surface area contributed by atoms with Gasteiger partial charge in [0.05, 0.1) is 12.4 Å². The Kier molecular flexibility index (Phi) is 10.3. The van der Waals surface area contributed by atoms with Gasteiger partial charge in [-0.2, -0.15) is 0 Å². The van der Waals surface area contributed by atoms with Crippen LogP contribution in [0.3, 0.4) is 0 Å². The predicted octanol–water partition coefficient (Wildman–Crippen LogP) is 3.04. The van der Waals surface area contributed by atoms with Crippen molar-refractivity contribution in [3.8, 4) is 5.75 Å². The highest BCUT2D eigenvalue weighted by atomic mass is 32.2. The zero-order valence-electron chi connectivity index (χ0n) is 29.9. The number of carbonyl (C=O) groups is 5. The van der Waals surface area contributed by atoms with Gasteiger partial charge in [-0.25, -0.2) is 13.2 Å². The normalized spacial score (nSPS) is 27.6. The molecule has 0 spiro atoms. The molecular formula is C36H47N5O10S. The fraction of sp³-hybridized carbons (Fsp3) is 0.583. The molecule has 0 radical (unpaired) electrons. The van der Waals surface area contributed by atoms with Gasteiger partial charge < -0.3 is 34.7 Å². The number of rotatable bonds is 7. The summed E-state index contributed by atoms with van der Waals surface area (Å²) in [6.45, 7) is 5.03. The SMILES string of the molecule is COc1cccc2cc(C(=O)N[C@@H]3C[C@H]4C(=O)N[C@]5(C(=O)NS(=O)(=O)C6CC6)C[C@@H]5/C=C\CCCCC[C@H](NC(=O)OC(C)(C)C)C(=O)N4C3)oc12. The van der Waals surface area contributed by atoms with Gasteiger partial charge in [0.2, 0.25) is 21.8 Å². The molecule has 282 valence electrons. The minimum absolute atomic E-state index is 0.00399. The second-order valence-corrected chi connectivity index (χ2v) is 17.1. The first kappa shape index (κ1) is 37.2. The quantitative estimate of drug-likeness (QED) is 0.306. The van der Waals surface area contributed by atoms with Gasteiger partial charge >= 0.3 is 6.09 Å². The minimum atomic E-state index is -3.91. The molecule has 6 rings (SSSR count). The Morgan fingerprint density at radius 2 is 1.83 bits per heavy atom. The summed E-state index contributed by atoms with van der Waals surface area (Å²) in [5.41, 5.74) is -1.97. The molecule has 52 heavy (non-hydrogen) atoms. The molecule has 1 aromatic carbocycles. The van der Waals surface area contributed by atoms with E-state index in [1.165, 1.54) is 12.0 Å². The van der Waals surface area contributed by atoms with Gasteiger partial charge in [-0.1, -0.05) is 37.1 Å². The van der Waals surface area contributed by atoms with Crippen LogP contribution in [-0.2, 0) is 29.1 Å². The van der Waals surface area contributed by atoms with Gasteiger partial charge in [-0.15, -0.1) is 0 Å². The third-order valence-electron chi connectivity index (χ3n) is 9.86. The summed E-state index contributed by atoms with van der Waals surface area (Å²) >= 11 is 0. The summed E-state index contributed by atoms with van der Waals surface area (Å²) in [7, 11) is -2.42. The molecule has 2 aliphatic heterocycles. The van der Waals surface area contributed by atoms with Crippen LogP contribution in [0.2, 0.25) is 0 Å². The van der Waals surface area contributed by atoms with E-state index in [9.17, 15) is 32.4 Å². The average Bonchev–Trinajstić information content (AvgIpc) is 3.96. The van der Waals surface area contributed by atoms with Crippen LogP contribution in [0.1, 0.15) is 89.1 Å². The van der Waals surface area contributed by atoms with Crippen molar-refractivity contribution in [3.05, 3.63) is 42.2 Å². The van der Waals surface area contributed by atoms with Crippen molar-refractivity contribution >= 4 is 50.7 Å². The fourth-order valence-corrected chi connectivity index (χ4v) is 8.28. The molecule has 1 saturated heterocycles. The van der Waals surface area contributed by atoms with Crippen LogP contribution in [0.4, 0.5) is 4.79 Å². The number of nitrogens with one attached hydrogen (secondary N) is 4. The molecule has 1 aromatic heterocycles. The molecule has 2 aromatic rings. The van der Waals surface area contributed by atoms with Crippen molar-refractivity contribution in [2.45, 2.75) is 113 Å².